The number of piperidine rings is 1. The molecule has 2 aromatic rings. The summed E-state index contributed by atoms with van der Waals surface area (Å²) in [4.78, 5) is 8.34. The van der Waals surface area contributed by atoms with E-state index < -0.39 is 10.0 Å². The zero-order valence-electron chi connectivity index (χ0n) is 12.3. The third-order valence-corrected chi connectivity index (χ3v) is 6.12. The summed E-state index contributed by atoms with van der Waals surface area (Å²) >= 11 is 3.31. The third-order valence-electron chi connectivity index (χ3n) is 3.68. The summed E-state index contributed by atoms with van der Waals surface area (Å²) in [6.45, 7) is 0.868. The van der Waals surface area contributed by atoms with Gasteiger partial charge in [0.25, 0.3) is 0 Å². The molecule has 1 saturated heterocycles. The van der Waals surface area contributed by atoms with E-state index in [2.05, 4.69) is 25.9 Å². The second kappa shape index (κ2) is 6.94. The van der Waals surface area contributed by atoms with E-state index >= 15 is 0 Å². The van der Waals surface area contributed by atoms with Crippen LogP contribution in [0.2, 0.25) is 0 Å². The highest BCUT2D eigenvalue weighted by molar-refractivity contribution is 9.10. The minimum absolute atomic E-state index is 0.0388. The van der Waals surface area contributed by atoms with Gasteiger partial charge in [0.2, 0.25) is 15.9 Å². The summed E-state index contributed by atoms with van der Waals surface area (Å²) in [6.07, 6.45) is 5.94. The molecule has 6 nitrogen and oxygen atoms in total. The van der Waals surface area contributed by atoms with Crippen molar-refractivity contribution in [2.45, 2.75) is 23.8 Å². The SMILES string of the molecule is O=S(=O)(c1ccc(Br)cc1)N1CCC(Oc2cnccn2)CC1. The minimum Gasteiger partial charge on any atom is -0.473 e. The summed E-state index contributed by atoms with van der Waals surface area (Å²) in [5, 5.41) is 0. The van der Waals surface area contributed by atoms with Crippen molar-refractivity contribution in [3.63, 3.8) is 0 Å². The Morgan fingerprint density at radius 3 is 2.43 bits per heavy atom. The summed E-state index contributed by atoms with van der Waals surface area (Å²) in [5.74, 6) is 0.474. The molecule has 1 aromatic heterocycles. The number of halogens is 1. The van der Waals surface area contributed by atoms with Crippen molar-refractivity contribution in [1.82, 2.24) is 14.3 Å². The number of hydrogen-bond donors (Lipinski definition) is 0. The zero-order valence-corrected chi connectivity index (χ0v) is 14.7. The van der Waals surface area contributed by atoms with Crippen molar-refractivity contribution in [2.24, 2.45) is 0 Å². The Morgan fingerprint density at radius 1 is 1.13 bits per heavy atom. The molecule has 0 spiro atoms. The lowest BCUT2D eigenvalue weighted by Gasteiger charge is -2.31. The van der Waals surface area contributed by atoms with Gasteiger partial charge in [0.05, 0.1) is 11.1 Å². The topological polar surface area (TPSA) is 72.4 Å². The van der Waals surface area contributed by atoms with Gasteiger partial charge in [0.15, 0.2) is 0 Å². The highest BCUT2D eigenvalue weighted by Crippen LogP contribution is 2.23. The van der Waals surface area contributed by atoms with Crippen LogP contribution in [0.1, 0.15) is 12.8 Å². The lowest BCUT2D eigenvalue weighted by atomic mass is 10.1. The molecule has 8 heteroatoms. The van der Waals surface area contributed by atoms with Crippen LogP contribution in [0.25, 0.3) is 0 Å². The molecule has 0 atom stereocenters. The fourth-order valence-corrected chi connectivity index (χ4v) is 4.20. The molecular formula is C15H16BrN3O3S. The van der Waals surface area contributed by atoms with Crippen molar-refractivity contribution < 1.29 is 13.2 Å². The highest BCUT2D eigenvalue weighted by atomic mass is 79.9. The Bertz CT molecular complexity index is 745. The molecule has 3 rings (SSSR count). The predicted molar refractivity (Wildman–Crippen MR) is 88.6 cm³/mol. The first-order chi connectivity index (χ1) is 11.1. The van der Waals surface area contributed by atoms with Crippen molar-refractivity contribution >= 4 is 26.0 Å². The van der Waals surface area contributed by atoms with E-state index in [0.717, 1.165) is 4.47 Å². The fourth-order valence-electron chi connectivity index (χ4n) is 2.46. The summed E-state index contributed by atoms with van der Waals surface area (Å²) in [6, 6.07) is 6.69. The molecule has 0 aliphatic carbocycles. The normalized spacial score (nSPS) is 17.1. The molecular weight excluding hydrogens is 382 g/mol. The maximum Gasteiger partial charge on any atom is 0.243 e. The first-order valence-electron chi connectivity index (χ1n) is 7.24. The van der Waals surface area contributed by atoms with Gasteiger partial charge >= 0.3 is 0 Å². The first-order valence-corrected chi connectivity index (χ1v) is 9.47. The van der Waals surface area contributed by atoms with Gasteiger partial charge in [-0.15, -0.1) is 0 Å². The van der Waals surface area contributed by atoms with Crippen LogP contribution >= 0.6 is 15.9 Å². The quantitative estimate of drug-likeness (QED) is 0.791. The number of hydrogen-bond acceptors (Lipinski definition) is 5. The maximum absolute atomic E-state index is 12.6. The van der Waals surface area contributed by atoms with Crippen molar-refractivity contribution in [3.05, 3.63) is 47.3 Å². The van der Waals surface area contributed by atoms with Gasteiger partial charge in [-0.05, 0) is 37.1 Å². The number of nitrogens with zero attached hydrogens (tertiary/aromatic N) is 3. The van der Waals surface area contributed by atoms with E-state index in [1.165, 1.54) is 4.31 Å². The van der Waals surface area contributed by atoms with Crippen LogP contribution in [0.5, 0.6) is 5.88 Å². The molecule has 0 saturated carbocycles. The largest absolute Gasteiger partial charge is 0.473 e. The standard InChI is InChI=1S/C15H16BrN3O3S/c16-12-1-3-14(4-2-12)23(20,21)19-9-5-13(6-10-19)22-15-11-17-7-8-18-15/h1-4,7-8,11,13H,5-6,9-10H2. The Labute approximate surface area is 143 Å². The molecule has 1 aliphatic rings. The second-order valence-electron chi connectivity index (χ2n) is 5.22. The summed E-state index contributed by atoms with van der Waals surface area (Å²) in [5.41, 5.74) is 0. The second-order valence-corrected chi connectivity index (χ2v) is 8.07. The van der Waals surface area contributed by atoms with Crippen LogP contribution in [-0.4, -0.2) is 41.9 Å². The lowest BCUT2D eigenvalue weighted by Crippen LogP contribution is -2.41. The zero-order chi connectivity index (χ0) is 16.3. The number of aromatic nitrogens is 2. The van der Waals surface area contributed by atoms with E-state index in [1.54, 1.807) is 42.9 Å². The van der Waals surface area contributed by atoms with E-state index in [-0.39, 0.29) is 6.10 Å². The Balaban J connectivity index is 1.63. The van der Waals surface area contributed by atoms with Crippen LogP contribution in [0.4, 0.5) is 0 Å². The Kier molecular flexibility index (Phi) is 4.93. The van der Waals surface area contributed by atoms with Gasteiger partial charge in [-0.1, -0.05) is 15.9 Å². The smallest absolute Gasteiger partial charge is 0.243 e. The van der Waals surface area contributed by atoms with Crippen LogP contribution in [0, 0.1) is 0 Å². The van der Waals surface area contributed by atoms with E-state index in [0.29, 0.717) is 36.7 Å². The maximum atomic E-state index is 12.6. The van der Waals surface area contributed by atoms with Gasteiger partial charge in [-0.2, -0.15) is 4.31 Å². The molecule has 1 aliphatic heterocycles. The summed E-state index contributed by atoms with van der Waals surface area (Å²) < 4.78 is 33.3. The monoisotopic (exact) mass is 397 g/mol. The molecule has 0 unspecified atom stereocenters. The first kappa shape index (κ1) is 16.4. The van der Waals surface area contributed by atoms with Crippen molar-refractivity contribution in [1.29, 1.82) is 0 Å². The van der Waals surface area contributed by atoms with Crippen LogP contribution < -0.4 is 4.74 Å². The molecule has 1 aromatic carbocycles. The van der Waals surface area contributed by atoms with Crippen LogP contribution in [0.15, 0.2) is 52.2 Å². The molecule has 2 heterocycles. The number of sulfonamides is 1. The minimum atomic E-state index is -3.45. The van der Waals surface area contributed by atoms with Crippen molar-refractivity contribution in [3.8, 4) is 5.88 Å². The predicted octanol–water partition coefficient (Wildman–Crippen LogP) is 2.47. The number of ether oxygens (including phenoxy) is 1. The summed E-state index contributed by atoms with van der Waals surface area (Å²) in [7, 11) is -3.45. The fraction of sp³-hybridized carbons (Fsp3) is 0.333. The highest BCUT2D eigenvalue weighted by Gasteiger charge is 2.30. The van der Waals surface area contributed by atoms with Crippen LogP contribution in [-0.2, 0) is 10.0 Å². The lowest BCUT2D eigenvalue weighted by molar-refractivity contribution is 0.129. The van der Waals surface area contributed by atoms with Gasteiger partial charge in [0, 0.05) is 30.0 Å². The number of benzene rings is 1. The van der Waals surface area contributed by atoms with Gasteiger partial charge in [-0.3, -0.25) is 4.98 Å². The molecule has 1 fully saturated rings. The van der Waals surface area contributed by atoms with Crippen molar-refractivity contribution in [2.75, 3.05) is 13.1 Å². The average molecular weight is 398 g/mol. The van der Waals surface area contributed by atoms with E-state index in [1.807, 2.05) is 0 Å². The Hall–Kier alpha value is -1.51. The molecule has 0 N–H and O–H groups in total. The average Bonchev–Trinajstić information content (AvgIpc) is 2.57. The molecule has 0 radical (unpaired) electrons. The molecule has 0 bridgehead atoms. The molecule has 0 amide bonds. The van der Waals surface area contributed by atoms with Gasteiger partial charge in [-0.25, -0.2) is 13.4 Å². The number of rotatable bonds is 4. The van der Waals surface area contributed by atoms with Gasteiger partial charge in [0.1, 0.15) is 6.10 Å². The van der Waals surface area contributed by atoms with Gasteiger partial charge < -0.3 is 4.74 Å². The Morgan fingerprint density at radius 2 is 1.83 bits per heavy atom. The van der Waals surface area contributed by atoms with E-state index in [9.17, 15) is 8.42 Å². The van der Waals surface area contributed by atoms with Crippen LogP contribution in [0.3, 0.4) is 0 Å². The molecule has 122 valence electrons. The molecule has 23 heavy (non-hydrogen) atoms. The third kappa shape index (κ3) is 3.88. The van der Waals surface area contributed by atoms with E-state index in [4.69, 9.17) is 4.74 Å².